The number of benzene rings is 3. The van der Waals surface area contributed by atoms with E-state index in [1.54, 1.807) is 134 Å². The maximum Gasteiger partial charge on any atom is 0.500 e. The lowest BCUT2D eigenvalue weighted by atomic mass is 10.1. The van der Waals surface area contributed by atoms with Crippen LogP contribution in [0.2, 0.25) is 121 Å². The molecule has 0 fully saturated rings. The molecule has 698 valence electrons. The highest BCUT2D eigenvalue weighted by Gasteiger charge is 2.43. The molecule has 35 heteroatoms. The van der Waals surface area contributed by atoms with E-state index in [1.165, 1.54) is 64.7 Å². The summed E-state index contributed by atoms with van der Waals surface area (Å²) in [6.07, 6.45) is 7.59. The van der Waals surface area contributed by atoms with E-state index in [0.717, 1.165) is 53.7 Å². The fourth-order valence-corrected chi connectivity index (χ4v) is 25.8. The molecule has 0 aliphatic heterocycles. The Balaban J connectivity index is -0.0000000564. The van der Waals surface area contributed by atoms with Crippen molar-refractivity contribution in [2.45, 2.75) is 264 Å². The van der Waals surface area contributed by atoms with E-state index < -0.39 is 85.9 Å². The number of rotatable bonds is 41. The Bertz CT molecular complexity index is 2210. The van der Waals surface area contributed by atoms with Crippen molar-refractivity contribution in [3.8, 4) is 0 Å². The number of anilines is 3. The van der Waals surface area contributed by atoms with Gasteiger partial charge in [0.15, 0.2) is 16.6 Å². The average molecular weight is 1830 g/mol. The molecule has 3 aromatic rings. The molecule has 0 saturated carbocycles. The lowest BCUT2D eigenvalue weighted by molar-refractivity contribution is -0.248. The summed E-state index contributed by atoms with van der Waals surface area (Å²) in [7, 11) is 14.3. The van der Waals surface area contributed by atoms with E-state index in [1.807, 2.05) is 38.9 Å². The van der Waals surface area contributed by atoms with E-state index in [-0.39, 0.29) is 114 Å². The Morgan fingerprint density at radius 1 is 0.274 bits per heavy atom. The summed E-state index contributed by atoms with van der Waals surface area (Å²) < 4.78 is 106. The highest BCUT2D eigenvalue weighted by Crippen LogP contribution is 2.34. The van der Waals surface area contributed by atoms with E-state index in [4.69, 9.17) is 88.6 Å². The molecule has 113 heavy (non-hydrogen) atoms. The molecule has 0 aliphatic carbocycles. The minimum absolute atomic E-state index is 0. The van der Waals surface area contributed by atoms with E-state index in [9.17, 15) is 0 Å². The molecule has 0 heterocycles. The molecule has 1 unspecified atom stereocenters. The van der Waals surface area contributed by atoms with E-state index in [2.05, 4.69) is 144 Å². The molecule has 0 radical (unpaired) electrons. The van der Waals surface area contributed by atoms with Crippen molar-refractivity contribution in [2.24, 2.45) is 0 Å². The first kappa shape index (κ1) is 159. The molecule has 3 rings (SSSR count). The standard InChI is InChI=1S/C25H33NO4Si2.C14H34O4Si2.C8H22O4Si2.C4H12O3Si.C4H14O2Si2.C4H12O2Si.C3H10O2Si.C2H6O2.14CH4/c1-27-31(5,20-21-32(28-2,29-3)30-4)25-18-16-24(17-19-25)26(22-12-8-6-9-13-22)23-14-10-7-11-15-23;1-15-19(5,6)13-11-9-7-8-10-12-14-20(16-2,17-3)18-4;1-9-13(5,6)7-8-14(10-2,11-3)12-4;1-5-8(4,6-2)7-3;1-5-8(3,4)6-7-2;1-5-7(3,4)6-2;1-5-6(2,3)4;1-3-4-2;;;;;;;;;;;;;;/h6-19H,20-21H2,1-5H3;7-14H2,1-6H3;7-8H2,1-6H3;1-4H3;7H2,1-4H3;1-4H3;4H,1-3H3;1-2H3;14*1H4. The van der Waals surface area contributed by atoms with E-state index >= 15 is 0 Å². The molecule has 0 spiro atoms. The third-order valence-electron chi connectivity index (χ3n) is 16.3. The van der Waals surface area contributed by atoms with Crippen molar-refractivity contribution < 1.29 is 103 Å². The number of hydrogen-bond acceptors (Lipinski definition) is 24. The molecule has 1 N–H and O–H groups in total. The smallest absolute Gasteiger partial charge is 0.442 e. The molecule has 24 nitrogen and oxygen atoms in total. The van der Waals surface area contributed by atoms with Crippen LogP contribution in [0.25, 0.3) is 0 Å². The molecular formula is C78H199NO23Si11. The first-order chi connectivity index (χ1) is 46.3. The van der Waals surface area contributed by atoms with Crippen LogP contribution >= 0.6 is 0 Å². The maximum atomic E-state index is 8.74. The largest absolute Gasteiger partial charge is 0.500 e. The van der Waals surface area contributed by atoms with Gasteiger partial charge >= 0.3 is 60.9 Å². The molecule has 3 aromatic carbocycles. The van der Waals surface area contributed by atoms with Gasteiger partial charge in [-0.2, -0.15) is 0 Å². The SMILES string of the molecule is C.C.C.C.C.C.C.C.C.C.C.C.C.C.COOC.CO[Si](C)(C)CCCCCCCC[Si](OC)(OC)OC.CO[Si](C)(C)CC[Si](OC)(OC)OC.CO[Si](C)(C)O.CO[Si](C)(C)OC.CO[Si](C)(C)O[SiH2]C.CO[Si](C)(OC)OC.CO[Si](CC[Si](C)(OC)c1ccc(N(c2ccccc2)c2ccccc2)cc1)(OC)OC. The fraction of sp³-hybridized carbons (Fsp3) is 0.769. The summed E-state index contributed by atoms with van der Waals surface area (Å²) in [6, 6.07) is 35.1. The minimum atomic E-state index is -2.65. The Kier molecular flexibility index (Phi) is 125. The summed E-state index contributed by atoms with van der Waals surface area (Å²) in [5.74, 6) is 0. The molecule has 1 atom stereocenters. The van der Waals surface area contributed by atoms with Crippen LogP contribution in [-0.4, -0.2) is 250 Å². The van der Waals surface area contributed by atoms with Crippen LogP contribution < -0.4 is 10.1 Å². The molecule has 0 amide bonds. The second-order valence-electron chi connectivity index (χ2n) is 24.7. The van der Waals surface area contributed by atoms with Crippen molar-refractivity contribution in [1.82, 2.24) is 0 Å². The first-order valence-corrected chi connectivity index (χ1v) is 60.6. The molecule has 0 aliphatic rings. The van der Waals surface area contributed by atoms with Crippen molar-refractivity contribution in [1.29, 1.82) is 0 Å². The third kappa shape index (κ3) is 75.6. The zero-order valence-electron chi connectivity index (χ0n) is 68.2. The maximum absolute atomic E-state index is 8.74. The topological polar surface area (TPSA) is 227 Å². The van der Waals surface area contributed by atoms with Crippen LogP contribution in [0, 0.1) is 0 Å². The van der Waals surface area contributed by atoms with Gasteiger partial charge < -0.3 is 97.9 Å². The number of unbranched alkanes of at least 4 members (excludes halogenated alkanes) is 5. The number of nitrogens with zero attached hydrogens (tertiary/aromatic N) is 1. The van der Waals surface area contributed by atoms with Gasteiger partial charge in [-0.25, -0.2) is 9.78 Å². The summed E-state index contributed by atoms with van der Waals surface area (Å²) in [5.41, 5.74) is 3.34. The van der Waals surface area contributed by atoms with Crippen LogP contribution in [0.4, 0.5) is 17.1 Å². The Morgan fingerprint density at radius 2 is 0.540 bits per heavy atom. The van der Waals surface area contributed by atoms with Gasteiger partial charge in [0.05, 0.1) is 14.2 Å². The predicted molar refractivity (Wildman–Crippen MR) is 524 cm³/mol. The molecular weight excluding hydrogens is 1630 g/mol. The van der Waals surface area contributed by atoms with Gasteiger partial charge in [0.25, 0.3) is 0 Å². The second-order valence-corrected chi connectivity index (χ2v) is 61.6. The van der Waals surface area contributed by atoms with Crippen molar-refractivity contribution in [3.63, 3.8) is 0 Å². The van der Waals surface area contributed by atoms with Gasteiger partial charge in [0.2, 0.25) is 8.32 Å². The lowest BCUT2D eigenvalue weighted by Gasteiger charge is -2.31. The summed E-state index contributed by atoms with van der Waals surface area (Å²) in [6.45, 7) is 26.6. The highest BCUT2D eigenvalue weighted by molar-refractivity contribution is 6.86. The first-order valence-electron chi connectivity index (χ1n) is 33.2. The minimum Gasteiger partial charge on any atom is -0.442 e. The van der Waals surface area contributed by atoms with Gasteiger partial charge in [-0.05, 0) is 138 Å². The molecule has 0 saturated heterocycles. The van der Waals surface area contributed by atoms with Crippen LogP contribution in [0.15, 0.2) is 84.9 Å². The van der Waals surface area contributed by atoms with Crippen LogP contribution in [0.3, 0.4) is 0 Å². The van der Waals surface area contributed by atoms with Gasteiger partial charge in [-0.3, -0.25) is 0 Å². The summed E-state index contributed by atoms with van der Waals surface area (Å²) >= 11 is 0. The molecule has 0 aromatic heterocycles. The summed E-state index contributed by atoms with van der Waals surface area (Å²) in [4.78, 5) is 19.1. The Hall–Kier alpha value is -1.07. The number of para-hydroxylation sites is 2. The second kappa shape index (κ2) is 88.7. The lowest BCUT2D eigenvalue weighted by Crippen LogP contribution is -2.51. The quantitative estimate of drug-likeness (QED) is 0.0241. The van der Waals surface area contributed by atoms with Gasteiger partial charge in [0, 0.05) is 177 Å². The highest BCUT2D eigenvalue weighted by atomic mass is 28.4. The number of hydrogen-bond donors (Lipinski definition) is 1. The van der Waals surface area contributed by atoms with Crippen molar-refractivity contribution in [2.75, 3.05) is 154 Å². The van der Waals surface area contributed by atoms with Crippen LogP contribution in [-0.2, 0) is 98.0 Å². The van der Waals surface area contributed by atoms with Gasteiger partial charge in [0.1, 0.15) is 9.76 Å². The fourth-order valence-electron chi connectivity index (χ4n) is 7.99. The van der Waals surface area contributed by atoms with E-state index in [0.29, 0.717) is 0 Å². The Morgan fingerprint density at radius 3 is 0.761 bits per heavy atom. The Labute approximate surface area is 719 Å². The zero-order valence-corrected chi connectivity index (χ0v) is 79.6. The van der Waals surface area contributed by atoms with Gasteiger partial charge in [-0.15, -0.1) is 0 Å². The predicted octanol–water partition coefficient (Wildman–Crippen LogP) is 22.6. The summed E-state index contributed by atoms with van der Waals surface area (Å²) in [5, 5.41) is 1.23. The zero-order chi connectivity index (χ0) is 77.5. The normalized spacial score (nSPS) is 11.2. The van der Waals surface area contributed by atoms with Gasteiger partial charge in [-0.1, -0.05) is 191 Å². The van der Waals surface area contributed by atoms with Crippen molar-refractivity contribution >= 4 is 118 Å². The molecule has 0 bridgehead atoms. The van der Waals surface area contributed by atoms with Crippen LogP contribution in [0.1, 0.15) is 142 Å². The average Bonchev–Trinajstić information content (AvgIpc) is 0.797. The monoisotopic (exact) mass is 1830 g/mol. The van der Waals surface area contributed by atoms with Crippen LogP contribution in [0.5, 0.6) is 0 Å². The van der Waals surface area contributed by atoms with Crippen molar-refractivity contribution in [3.05, 3.63) is 84.9 Å². The third-order valence-corrected chi connectivity index (χ3v) is 44.6.